The van der Waals surface area contributed by atoms with Crippen LogP contribution in [0.2, 0.25) is 5.02 Å². The van der Waals surface area contributed by atoms with Crippen LogP contribution in [0.15, 0.2) is 121 Å². The first kappa shape index (κ1) is 57.7. The number of methoxy groups -OCH3 is 2. The summed E-state index contributed by atoms with van der Waals surface area (Å²) in [6.45, 7) is 10.8. The number of esters is 4. The molecule has 0 spiro atoms. The molecule has 2 heterocycles. The van der Waals surface area contributed by atoms with E-state index in [0.717, 1.165) is 11.1 Å². The van der Waals surface area contributed by atoms with Crippen LogP contribution >= 0.6 is 38.6 Å². The Labute approximate surface area is 416 Å². The van der Waals surface area contributed by atoms with E-state index in [9.17, 15) is 24.0 Å². The van der Waals surface area contributed by atoms with Crippen molar-refractivity contribution in [3.63, 3.8) is 0 Å². The fourth-order valence-electron chi connectivity index (χ4n) is 6.53. The van der Waals surface area contributed by atoms with Crippen LogP contribution in [0.1, 0.15) is 101 Å². The highest BCUT2D eigenvalue weighted by molar-refractivity contribution is 7.59. The Morgan fingerprint density at radius 3 is 1.65 bits per heavy atom. The number of benzene rings is 3. The van der Waals surface area contributed by atoms with Crippen molar-refractivity contribution in [2.45, 2.75) is 91.0 Å². The van der Waals surface area contributed by atoms with Crippen molar-refractivity contribution >= 4 is 74.1 Å². The Balaban J connectivity index is 0.000000482. The van der Waals surface area contributed by atoms with Gasteiger partial charge in [-0.25, -0.2) is 14.4 Å². The lowest BCUT2D eigenvalue weighted by atomic mass is 9.93. The van der Waals surface area contributed by atoms with Gasteiger partial charge in [0.15, 0.2) is 0 Å². The maximum Gasteiger partial charge on any atom is 0.338 e. The largest absolute Gasteiger partial charge is 0.469 e. The lowest BCUT2D eigenvalue weighted by Crippen LogP contribution is -2.46. The molecule has 5 rings (SSSR count). The summed E-state index contributed by atoms with van der Waals surface area (Å²) in [6, 6.07) is 24.4. The number of amides is 1. The Hall–Kier alpha value is -6.39. The smallest absolute Gasteiger partial charge is 0.338 e. The van der Waals surface area contributed by atoms with Crippen LogP contribution < -0.4 is 0 Å². The first-order valence-electron chi connectivity index (χ1n) is 21.0. The lowest BCUT2D eigenvalue weighted by Gasteiger charge is -2.31. The van der Waals surface area contributed by atoms with Crippen LogP contribution in [0.5, 0.6) is 0 Å². The van der Waals surface area contributed by atoms with E-state index in [1.165, 1.54) is 37.3 Å². The molecule has 3 aromatic carbocycles. The zero-order chi connectivity index (χ0) is 48.4. The minimum absolute atomic E-state index is 0. The van der Waals surface area contributed by atoms with Crippen LogP contribution in [0.25, 0.3) is 10.4 Å². The first-order chi connectivity index (χ1) is 31.3. The summed E-state index contributed by atoms with van der Waals surface area (Å²) in [5.74, 6) is -2.49. The molecule has 15 nitrogen and oxygen atoms in total. The molecule has 0 saturated heterocycles. The van der Waals surface area contributed by atoms with Gasteiger partial charge in [0, 0.05) is 53.3 Å². The quantitative estimate of drug-likeness (QED) is 0.0299. The van der Waals surface area contributed by atoms with E-state index in [1.54, 1.807) is 94.1 Å². The molecule has 0 aliphatic heterocycles. The molecule has 2 atom stereocenters. The van der Waals surface area contributed by atoms with Gasteiger partial charge in [0.1, 0.15) is 17.2 Å². The minimum Gasteiger partial charge on any atom is -0.469 e. The van der Waals surface area contributed by atoms with E-state index in [-0.39, 0.29) is 74.1 Å². The molecule has 68 heavy (non-hydrogen) atoms. The number of azide groups is 1. The molecule has 0 saturated carbocycles. The van der Waals surface area contributed by atoms with Crippen LogP contribution in [0.3, 0.4) is 0 Å². The topological polar surface area (TPSA) is 200 Å². The number of hydrogen-bond donors (Lipinski definition) is 0. The average Bonchev–Trinajstić information content (AvgIpc) is 3.28. The van der Waals surface area contributed by atoms with Gasteiger partial charge in [0.05, 0.1) is 37.0 Å². The van der Waals surface area contributed by atoms with E-state index in [0.29, 0.717) is 41.5 Å². The summed E-state index contributed by atoms with van der Waals surface area (Å²) in [5, 5.41) is 3.89. The molecule has 0 unspecified atom stereocenters. The second kappa shape index (κ2) is 27.4. The third kappa shape index (κ3) is 18.7. The average molecular weight is 988 g/mol. The Kier molecular flexibility index (Phi) is 23.3. The molecule has 362 valence electrons. The summed E-state index contributed by atoms with van der Waals surface area (Å²) < 4.78 is 20.8. The molecule has 0 aliphatic rings. The van der Waals surface area contributed by atoms with Crippen LogP contribution in [0.4, 0.5) is 5.69 Å². The Bertz CT molecular complexity index is 2480. The molecular weight excluding hydrogens is 928 g/mol. The van der Waals surface area contributed by atoms with Crippen LogP contribution in [0, 0.1) is 5.92 Å². The number of aromatic nitrogens is 2. The molecule has 0 aliphatic carbocycles. The number of nitrogens with zero attached hydrogens (tertiary/aromatic N) is 6. The number of hydrogen-bond acceptors (Lipinski definition) is 12. The number of carbonyl (C=O) groups excluding carboxylic acids is 5. The minimum atomic E-state index is -1.05. The summed E-state index contributed by atoms with van der Waals surface area (Å²) in [6.07, 6.45) is 8.77. The van der Waals surface area contributed by atoms with E-state index >= 15 is 0 Å². The highest BCUT2D eigenvalue weighted by Gasteiger charge is 2.33. The third-order valence-corrected chi connectivity index (χ3v) is 9.89. The molecule has 0 N–H and O–H groups in total. The fraction of sp³-hybridized carbons (Fsp3) is 0.340. The van der Waals surface area contributed by atoms with Crippen LogP contribution in [-0.4, -0.2) is 76.1 Å². The lowest BCUT2D eigenvalue weighted by molar-refractivity contribution is -0.146. The van der Waals surface area contributed by atoms with Crippen molar-refractivity contribution < 1.29 is 42.9 Å². The zero-order valence-electron chi connectivity index (χ0n) is 39.4. The first-order valence-corrected chi connectivity index (χ1v) is 21.4. The van der Waals surface area contributed by atoms with Crippen molar-refractivity contribution in [1.82, 2.24) is 14.9 Å². The molecule has 0 fully saturated rings. The van der Waals surface area contributed by atoms with E-state index < -0.39 is 35.1 Å². The maximum atomic E-state index is 13.9. The number of halogens is 1. The highest BCUT2D eigenvalue weighted by atomic mass is 35.5. The highest BCUT2D eigenvalue weighted by Crippen LogP contribution is 2.28. The summed E-state index contributed by atoms with van der Waals surface area (Å²) >= 11 is 6.06. The number of aryl methyl sites for hydroxylation is 1. The standard InChI is InChI=1S/C28H28ClN5O5.C22H27NO4.2H2S/c1-28(2,3)39-26(36)20-9-7-18(8-10-20)17-34(24(27(37)38-4)14-19-6-5-13-31-16-19)25(35)22-12-11-21(29)15-23(22)32-33-30;1-22(2,3)27-21(25)18-10-7-16(8-11-18)9-12-19(20(24)26-4)14-17-6-5-13-23-15-17;;/h5-13,15-16,24H,14,17H2,1-4H3;5-8,10-11,13,15,19H,9,12,14H2,1-4H3;2*1H2/t24-;19-;;/m11../s1. The third-order valence-electron chi connectivity index (χ3n) is 9.66. The van der Waals surface area contributed by atoms with Crippen molar-refractivity contribution in [1.29, 1.82) is 0 Å². The van der Waals surface area contributed by atoms with Gasteiger partial charge in [0.2, 0.25) is 0 Å². The van der Waals surface area contributed by atoms with Gasteiger partial charge in [-0.15, -0.1) is 0 Å². The van der Waals surface area contributed by atoms with Gasteiger partial charge >= 0.3 is 23.9 Å². The molecule has 18 heteroatoms. The van der Waals surface area contributed by atoms with Crippen molar-refractivity contribution in [2.24, 2.45) is 11.0 Å². The fourth-order valence-corrected chi connectivity index (χ4v) is 6.70. The molecule has 0 bridgehead atoms. The molecular formula is C50H59ClN6O9S2. The van der Waals surface area contributed by atoms with Gasteiger partial charge < -0.3 is 23.8 Å². The number of ether oxygens (including phenoxy) is 4. The molecule has 2 aromatic heterocycles. The molecule has 1 amide bonds. The second-order valence-electron chi connectivity index (χ2n) is 17.1. The predicted molar refractivity (Wildman–Crippen MR) is 270 cm³/mol. The van der Waals surface area contributed by atoms with E-state index in [2.05, 4.69) is 20.0 Å². The molecule has 0 radical (unpaired) electrons. The predicted octanol–water partition coefficient (Wildman–Crippen LogP) is 10.3. The van der Waals surface area contributed by atoms with Crippen LogP contribution in [-0.2, 0) is 54.3 Å². The van der Waals surface area contributed by atoms with Gasteiger partial charge in [-0.3, -0.25) is 19.6 Å². The zero-order valence-corrected chi connectivity index (χ0v) is 42.2. The van der Waals surface area contributed by atoms with E-state index in [1.807, 2.05) is 45.0 Å². The normalized spacial score (nSPS) is 11.5. The van der Waals surface area contributed by atoms with Gasteiger partial charge in [-0.2, -0.15) is 27.0 Å². The maximum absolute atomic E-state index is 13.9. The van der Waals surface area contributed by atoms with Gasteiger partial charge in [-0.1, -0.05) is 53.1 Å². The number of pyridine rings is 2. The second-order valence-corrected chi connectivity index (χ2v) is 17.5. The number of rotatable bonds is 16. The van der Waals surface area contributed by atoms with Crippen molar-refractivity contribution in [2.75, 3.05) is 14.2 Å². The van der Waals surface area contributed by atoms with Gasteiger partial charge in [0.25, 0.3) is 5.91 Å². The number of carbonyl (C=O) groups is 5. The molecule has 5 aromatic rings. The Morgan fingerprint density at radius 1 is 0.691 bits per heavy atom. The SMILES string of the molecule is COC(=O)[C@@H](Cc1cccnc1)N(Cc1ccc(C(=O)OC(C)(C)C)cc1)C(=O)c1ccc(Cl)cc1N=[N+]=[N-].COC(=O)[C@H](CCc1ccc(C(=O)OC(C)(C)C)cc1)Cc1cccnc1.S.S. The summed E-state index contributed by atoms with van der Waals surface area (Å²) in [4.78, 5) is 75.9. The van der Waals surface area contributed by atoms with Crippen molar-refractivity contribution in [3.8, 4) is 0 Å². The van der Waals surface area contributed by atoms with Crippen molar-refractivity contribution in [3.05, 3.63) is 170 Å². The summed E-state index contributed by atoms with van der Waals surface area (Å²) in [5.41, 5.74) is 12.2. The van der Waals surface area contributed by atoms with Gasteiger partial charge in [-0.05, 0) is 143 Å². The summed E-state index contributed by atoms with van der Waals surface area (Å²) in [7, 11) is 2.65. The monoisotopic (exact) mass is 986 g/mol. The van der Waals surface area contributed by atoms with E-state index in [4.69, 9.17) is 36.1 Å². The Morgan fingerprint density at radius 2 is 1.19 bits per heavy atom.